The van der Waals surface area contributed by atoms with Crippen LogP contribution < -0.4 is 5.73 Å². The molecule has 0 spiro atoms. The van der Waals surface area contributed by atoms with Crippen LogP contribution in [-0.4, -0.2) is 20.9 Å². The van der Waals surface area contributed by atoms with E-state index in [0.29, 0.717) is 5.70 Å². The van der Waals surface area contributed by atoms with Crippen molar-refractivity contribution in [3.8, 4) is 0 Å². The van der Waals surface area contributed by atoms with Gasteiger partial charge >= 0.3 is 5.97 Å². The molecule has 1 rings (SSSR count). The Hall–Kier alpha value is -2.37. The third-order valence-corrected chi connectivity index (χ3v) is 1.70. The summed E-state index contributed by atoms with van der Waals surface area (Å²) in [4.78, 5) is 10.5. The fraction of sp³-hybridized carbons (Fsp3) is 0. The molecule has 16 heavy (non-hydrogen) atoms. The lowest BCUT2D eigenvalue weighted by atomic mass is 10.3. The predicted molar refractivity (Wildman–Crippen MR) is 56.9 cm³/mol. The summed E-state index contributed by atoms with van der Waals surface area (Å²) in [5.41, 5.74) is 4.93. The van der Waals surface area contributed by atoms with E-state index in [9.17, 15) is 9.18 Å². The summed E-state index contributed by atoms with van der Waals surface area (Å²) in [6.45, 7) is 3.59. The zero-order valence-electron chi connectivity index (χ0n) is 8.30. The molecule has 0 aliphatic carbocycles. The molecule has 1 aromatic heterocycles. The van der Waals surface area contributed by atoms with E-state index in [4.69, 9.17) is 10.8 Å². The lowest BCUT2D eigenvalue weighted by molar-refractivity contribution is 0.0692. The van der Waals surface area contributed by atoms with Gasteiger partial charge in [0.05, 0.1) is 5.70 Å². The summed E-state index contributed by atoms with van der Waals surface area (Å²) in [5, 5.41) is 12.0. The predicted octanol–water partition coefficient (Wildman–Crippen LogP) is 1.22. The van der Waals surface area contributed by atoms with E-state index in [0.717, 1.165) is 10.9 Å². The molecular weight excluding hydrogens is 213 g/mol. The van der Waals surface area contributed by atoms with Gasteiger partial charge in [0.1, 0.15) is 5.56 Å². The highest BCUT2D eigenvalue weighted by Crippen LogP contribution is 2.09. The summed E-state index contributed by atoms with van der Waals surface area (Å²) in [7, 11) is 0. The number of nitrogens with zero attached hydrogens (tertiary/aromatic N) is 2. The smallest absolute Gasteiger partial charge is 0.342 e. The molecule has 0 amide bonds. The van der Waals surface area contributed by atoms with Crippen molar-refractivity contribution in [1.29, 1.82) is 0 Å². The van der Waals surface area contributed by atoms with Crippen LogP contribution >= 0.6 is 0 Å². The van der Waals surface area contributed by atoms with E-state index in [-0.39, 0.29) is 0 Å². The highest BCUT2D eigenvalue weighted by molar-refractivity contribution is 5.87. The first-order valence-corrected chi connectivity index (χ1v) is 4.29. The van der Waals surface area contributed by atoms with Gasteiger partial charge in [-0.25, -0.2) is 9.48 Å². The Bertz CT molecular complexity index is 474. The molecule has 6 heteroatoms. The average molecular weight is 223 g/mol. The summed E-state index contributed by atoms with van der Waals surface area (Å²) < 4.78 is 14.0. The van der Waals surface area contributed by atoms with Crippen molar-refractivity contribution < 1.29 is 14.3 Å². The number of carboxylic acids is 1. The van der Waals surface area contributed by atoms with E-state index >= 15 is 0 Å². The minimum Gasteiger partial charge on any atom is -0.477 e. The number of hydrogen-bond acceptors (Lipinski definition) is 3. The van der Waals surface area contributed by atoms with Gasteiger partial charge in [-0.05, 0) is 18.4 Å². The van der Waals surface area contributed by atoms with Crippen LogP contribution in [0, 0.1) is 5.95 Å². The Morgan fingerprint density at radius 1 is 1.62 bits per heavy atom. The van der Waals surface area contributed by atoms with Gasteiger partial charge in [0.15, 0.2) is 0 Å². The quantitative estimate of drug-likeness (QED) is 0.752. The van der Waals surface area contributed by atoms with Crippen LogP contribution in [0.15, 0.2) is 37.2 Å². The minimum atomic E-state index is -1.37. The number of allylic oxidation sites excluding steroid dienone is 4. The van der Waals surface area contributed by atoms with Crippen LogP contribution in [-0.2, 0) is 0 Å². The molecule has 0 bridgehead atoms. The Balaban J connectivity index is 2.93. The normalized spacial score (nSPS) is 11.3. The van der Waals surface area contributed by atoms with E-state index in [1.54, 1.807) is 12.2 Å². The minimum absolute atomic E-state index is 0.324. The average Bonchev–Trinajstić information content (AvgIpc) is 2.60. The lowest BCUT2D eigenvalue weighted by Gasteiger charge is -1.96. The molecular formula is C10H10FN3O2. The third-order valence-electron chi connectivity index (χ3n) is 1.70. The van der Waals surface area contributed by atoms with Crippen molar-refractivity contribution in [3.05, 3.63) is 48.7 Å². The van der Waals surface area contributed by atoms with Crippen LogP contribution in [0.25, 0.3) is 5.70 Å². The molecule has 0 radical (unpaired) electrons. The van der Waals surface area contributed by atoms with Crippen LogP contribution in [0.4, 0.5) is 4.39 Å². The van der Waals surface area contributed by atoms with Gasteiger partial charge in [-0.15, -0.1) is 5.10 Å². The molecule has 0 aliphatic rings. The van der Waals surface area contributed by atoms with Gasteiger partial charge in [-0.3, -0.25) is 0 Å². The first-order chi connectivity index (χ1) is 7.56. The maximum Gasteiger partial charge on any atom is 0.342 e. The zero-order chi connectivity index (χ0) is 12.1. The van der Waals surface area contributed by atoms with Crippen LogP contribution in [0.5, 0.6) is 0 Å². The number of hydrogen-bond donors (Lipinski definition) is 2. The number of carboxylic acid groups (broad SMARTS) is 1. The number of halogens is 1. The van der Waals surface area contributed by atoms with Gasteiger partial charge in [0.2, 0.25) is 5.95 Å². The molecule has 0 unspecified atom stereocenters. The van der Waals surface area contributed by atoms with E-state index in [1.807, 2.05) is 0 Å². The van der Waals surface area contributed by atoms with Gasteiger partial charge < -0.3 is 10.8 Å². The van der Waals surface area contributed by atoms with Crippen molar-refractivity contribution in [3.63, 3.8) is 0 Å². The second kappa shape index (κ2) is 4.92. The maximum absolute atomic E-state index is 13.0. The van der Waals surface area contributed by atoms with E-state index in [1.165, 1.54) is 12.3 Å². The summed E-state index contributed by atoms with van der Waals surface area (Å²) in [6, 6.07) is 0. The summed E-state index contributed by atoms with van der Waals surface area (Å²) in [5.74, 6) is -2.42. The SMILES string of the molecule is C=C(/C=C\C=C/N)n1cc(C(=O)O)c(F)n1. The summed E-state index contributed by atoms with van der Waals surface area (Å²) in [6.07, 6.45) is 7.00. The first-order valence-electron chi connectivity index (χ1n) is 4.29. The Morgan fingerprint density at radius 3 is 2.81 bits per heavy atom. The molecule has 1 aromatic rings. The largest absolute Gasteiger partial charge is 0.477 e. The van der Waals surface area contributed by atoms with Crippen molar-refractivity contribution in [2.24, 2.45) is 5.73 Å². The topological polar surface area (TPSA) is 81.1 Å². The van der Waals surface area contributed by atoms with E-state index in [2.05, 4.69) is 11.7 Å². The number of aromatic carboxylic acids is 1. The standard InChI is InChI=1S/C10H10FN3O2/c1-7(4-2-3-5-12)14-6-8(10(15)16)9(11)13-14/h2-6H,1,12H2,(H,15,16)/b4-2-,5-3-. The van der Waals surface area contributed by atoms with Gasteiger partial charge in [0, 0.05) is 6.20 Å². The Labute approximate surface area is 91.0 Å². The highest BCUT2D eigenvalue weighted by atomic mass is 19.1. The van der Waals surface area contributed by atoms with Gasteiger partial charge in [-0.1, -0.05) is 12.7 Å². The Morgan fingerprint density at radius 2 is 2.31 bits per heavy atom. The fourth-order valence-electron chi connectivity index (χ4n) is 0.951. The second-order valence-electron chi connectivity index (χ2n) is 2.82. The van der Waals surface area contributed by atoms with Gasteiger partial charge in [0.25, 0.3) is 0 Å². The molecule has 1 heterocycles. The molecule has 0 fully saturated rings. The number of carbonyl (C=O) groups is 1. The molecule has 0 atom stereocenters. The zero-order valence-corrected chi connectivity index (χ0v) is 8.30. The summed E-state index contributed by atoms with van der Waals surface area (Å²) >= 11 is 0. The fourth-order valence-corrected chi connectivity index (χ4v) is 0.951. The van der Waals surface area contributed by atoms with Crippen LogP contribution in [0.3, 0.4) is 0 Å². The first kappa shape index (κ1) is 11.7. The molecule has 5 nitrogen and oxygen atoms in total. The highest BCUT2D eigenvalue weighted by Gasteiger charge is 2.15. The molecule has 84 valence electrons. The molecule has 0 saturated carbocycles. The number of rotatable bonds is 4. The van der Waals surface area contributed by atoms with Crippen LogP contribution in [0.1, 0.15) is 10.4 Å². The Kier molecular flexibility index (Phi) is 3.60. The van der Waals surface area contributed by atoms with Crippen molar-refractivity contribution in [2.75, 3.05) is 0 Å². The maximum atomic E-state index is 13.0. The van der Waals surface area contributed by atoms with Crippen LogP contribution in [0.2, 0.25) is 0 Å². The molecule has 0 aromatic carbocycles. The number of nitrogens with two attached hydrogens (primary N) is 1. The molecule has 3 N–H and O–H groups in total. The number of aromatic nitrogens is 2. The van der Waals surface area contributed by atoms with E-state index < -0.39 is 17.5 Å². The van der Waals surface area contributed by atoms with Crippen molar-refractivity contribution in [1.82, 2.24) is 9.78 Å². The second-order valence-corrected chi connectivity index (χ2v) is 2.82. The van der Waals surface area contributed by atoms with Crippen molar-refractivity contribution >= 4 is 11.7 Å². The van der Waals surface area contributed by atoms with Crippen molar-refractivity contribution in [2.45, 2.75) is 0 Å². The third kappa shape index (κ3) is 2.57. The molecule has 0 saturated heterocycles. The van der Waals surface area contributed by atoms with Gasteiger partial charge in [-0.2, -0.15) is 4.39 Å². The lowest BCUT2D eigenvalue weighted by Crippen LogP contribution is -1.96. The molecule has 0 aliphatic heterocycles. The monoisotopic (exact) mass is 223 g/mol.